The summed E-state index contributed by atoms with van der Waals surface area (Å²) < 4.78 is 13.2. The summed E-state index contributed by atoms with van der Waals surface area (Å²) in [5, 5.41) is 25.1. The van der Waals surface area contributed by atoms with E-state index in [4.69, 9.17) is 14.2 Å². The second kappa shape index (κ2) is 9.60. The Morgan fingerprint density at radius 2 is 2.18 bits per heavy atom. The van der Waals surface area contributed by atoms with Crippen molar-refractivity contribution >= 4 is 11.9 Å². The van der Waals surface area contributed by atoms with Crippen LogP contribution in [0, 0.1) is 12.8 Å². The van der Waals surface area contributed by atoms with Gasteiger partial charge in [-0.25, -0.2) is 9.67 Å². The highest BCUT2D eigenvalue weighted by molar-refractivity contribution is 5.70. The highest BCUT2D eigenvalue weighted by atomic mass is 16.5. The molecule has 3 aromatic rings. The molecule has 1 saturated carbocycles. The average molecular weight is 455 g/mol. The third kappa shape index (κ3) is 5.15. The number of carboxylic acid groups (broad SMARTS) is 1. The van der Waals surface area contributed by atoms with E-state index in [1.165, 1.54) is 0 Å². The van der Waals surface area contributed by atoms with Crippen molar-refractivity contribution < 1.29 is 19.2 Å². The molecule has 0 amide bonds. The fourth-order valence-electron chi connectivity index (χ4n) is 4.05. The molecular weight excluding hydrogens is 424 g/mol. The molecule has 176 valence electrons. The minimum absolute atomic E-state index is 0.111. The van der Waals surface area contributed by atoms with Crippen LogP contribution in [0.4, 0.5) is 5.88 Å². The summed E-state index contributed by atoms with van der Waals surface area (Å²) in [5.74, 6) is 0.455. The van der Waals surface area contributed by atoms with Crippen molar-refractivity contribution in [2.45, 2.75) is 65.0 Å². The lowest BCUT2D eigenvalue weighted by Crippen LogP contribution is -2.29. The van der Waals surface area contributed by atoms with Crippen molar-refractivity contribution in [2.24, 2.45) is 13.0 Å². The van der Waals surface area contributed by atoms with E-state index in [-0.39, 0.29) is 17.9 Å². The van der Waals surface area contributed by atoms with Gasteiger partial charge in [0.25, 0.3) is 0 Å². The third-order valence-electron chi connectivity index (χ3n) is 6.04. The zero-order valence-corrected chi connectivity index (χ0v) is 19.4. The summed E-state index contributed by atoms with van der Waals surface area (Å²) in [7, 11) is 1.83. The number of hydrogen-bond acceptors (Lipinski definition) is 8. The molecule has 1 aliphatic carbocycles. The van der Waals surface area contributed by atoms with E-state index in [1.54, 1.807) is 4.68 Å². The molecule has 33 heavy (non-hydrogen) atoms. The van der Waals surface area contributed by atoms with Gasteiger partial charge in [-0.3, -0.25) is 4.79 Å². The van der Waals surface area contributed by atoms with Gasteiger partial charge < -0.3 is 19.7 Å². The standard InChI is InChI=1S/C23H30N6O4/c1-13(2)18-11-21(33-27-18)24-12-19-22(26-28-29(19)4)17-8-9-20(14(3)25-17)32-16-7-5-6-15(10-16)23(30)31/h8-9,11,13,15-16,24H,5-7,10,12H2,1-4H3,(H,30,31)/t15-,16-/m0/s1. The van der Waals surface area contributed by atoms with Gasteiger partial charge in [0.2, 0.25) is 5.88 Å². The molecule has 1 aliphatic rings. The molecule has 0 aromatic carbocycles. The maximum Gasteiger partial charge on any atom is 0.306 e. The van der Waals surface area contributed by atoms with Crippen molar-refractivity contribution in [1.29, 1.82) is 0 Å². The predicted molar refractivity (Wildman–Crippen MR) is 121 cm³/mol. The Morgan fingerprint density at radius 3 is 2.88 bits per heavy atom. The maximum absolute atomic E-state index is 11.3. The molecule has 4 rings (SSSR count). The molecule has 1 fully saturated rings. The van der Waals surface area contributed by atoms with Crippen LogP contribution in [0.25, 0.3) is 11.4 Å². The Bertz CT molecular complexity index is 1120. The highest BCUT2D eigenvalue weighted by Gasteiger charge is 2.28. The molecule has 3 aromatic heterocycles. The van der Waals surface area contributed by atoms with Gasteiger partial charge >= 0.3 is 5.97 Å². The summed E-state index contributed by atoms with van der Waals surface area (Å²) in [5.41, 5.74) is 3.84. The Morgan fingerprint density at radius 1 is 1.36 bits per heavy atom. The van der Waals surface area contributed by atoms with Crippen LogP contribution in [-0.2, 0) is 18.4 Å². The number of nitrogens with zero attached hydrogens (tertiary/aromatic N) is 5. The van der Waals surface area contributed by atoms with Crippen LogP contribution in [-0.4, -0.2) is 42.3 Å². The zero-order valence-electron chi connectivity index (χ0n) is 19.4. The van der Waals surface area contributed by atoms with Gasteiger partial charge in [0, 0.05) is 13.1 Å². The van der Waals surface area contributed by atoms with E-state index < -0.39 is 5.97 Å². The first-order valence-corrected chi connectivity index (χ1v) is 11.3. The minimum Gasteiger partial charge on any atom is -0.489 e. The third-order valence-corrected chi connectivity index (χ3v) is 6.04. The van der Waals surface area contributed by atoms with Gasteiger partial charge in [0.05, 0.1) is 41.3 Å². The molecule has 3 heterocycles. The molecule has 0 unspecified atom stereocenters. The summed E-state index contributed by atoms with van der Waals surface area (Å²) in [4.78, 5) is 16.0. The first kappa shape index (κ1) is 22.8. The number of nitrogens with one attached hydrogen (secondary N) is 1. The number of ether oxygens (including phenoxy) is 1. The lowest BCUT2D eigenvalue weighted by atomic mass is 9.87. The van der Waals surface area contributed by atoms with E-state index >= 15 is 0 Å². The summed E-state index contributed by atoms with van der Waals surface area (Å²) in [6.07, 6.45) is 2.83. The lowest BCUT2D eigenvalue weighted by Gasteiger charge is -2.27. The van der Waals surface area contributed by atoms with Gasteiger partial charge in [-0.05, 0) is 50.7 Å². The first-order valence-electron chi connectivity index (χ1n) is 11.3. The molecule has 0 bridgehead atoms. The number of anilines is 1. The number of aliphatic carboxylic acids is 1. The van der Waals surface area contributed by atoms with Crippen LogP contribution in [0.5, 0.6) is 5.75 Å². The highest BCUT2D eigenvalue weighted by Crippen LogP contribution is 2.30. The van der Waals surface area contributed by atoms with Crippen LogP contribution in [0.1, 0.15) is 62.5 Å². The number of carbonyl (C=O) groups is 1. The van der Waals surface area contributed by atoms with Crippen molar-refractivity contribution in [1.82, 2.24) is 25.1 Å². The molecule has 0 saturated heterocycles. The van der Waals surface area contributed by atoms with Gasteiger partial charge in [-0.2, -0.15) is 0 Å². The fraction of sp³-hybridized carbons (Fsp3) is 0.522. The molecular formula is C23H30N6O4. The van der Waals surface area contributed by atoms with Crippen LogP contribution < -0.4 is 10.1 Å². The second-order valence-electron chi connectivity index (χ2n) is 8.85. The van der Waals surface area contributed by atoms with Gasteiger partial charge in [0.1, 0.15) is 11.4 Å². The van der Waals surface area contributed by atoms with E-state index in [0.29, 0.717) is 42.4 Å². The Kier molecular flexibility index (Phi) is 6.62. The fourth-order valence-corrected chi connectivity index (χ4v) is 4.05. The van der Waals surface area contributed by atoms with Crippen LogP contribution in [0.3, 0.4) is 0 Å². The molecule has 2 N–H and O–H groups in total. The first-order chi connectivity index (χ1) is 15.8. The summed E-state index contributed by atoms with van der Waals surface area (Å²) in [6.45, 7) is 6.45. The number of aromatic nitrogens is 5. The van der Waals surface area contributed by atoms with Crippen molar-refractivity contribution in [3.63, 3.8) is 0 Å². The van der Waals surface area contributed by atoms with Crippen molar-refractivity contribution in [3.05, 3.63) is 35.3 Å². The zero-order chi connectivity index (χ0) is 23.5. The number of pyridine rings is 1. The number of carboxylic acids is 1. The summed E-state index contributed by atoms with van der Waals surface area (Å²) >= 11 is 0. The van der Waals surface area contributed by atoms with Crippen LogP contribution in [0.2, 0.25) is 0 Å². The molecule has 2 atom stereocenters. The monoisotopic (exact) mass is 454 g/mol. The van der Waals surface area contributed by atoms with Gasteiger partial charge in [-0.1, -0.05) is 24.2 Å². The number of rotatable bonds is 8. The Hall–Kier alpha value is -3.43. The Balaban J connectivity index is 1.47. The topological polar surface area (TPSA) is 128 Å². The van der Waals surface area contributed by atoms with E-state index in [2.05, 4.69) is 34.6 Å². The quantitative estimate of drug-likeness (QED) is 0.520. The predicted octanol–water partition coefficient (Wildman–Crippen LogP) is 3.93. The molecule has 0 spiro atoms. The number of hydrogen-bond donors (Lipinski definition) is 2. The number of aryl methyl sites for hydroxylation is 2. The van der Waals surface area contributed by atoms with E-state index in [9.17, 15) is 9.90 Å². The van der Waals surface area contributed by atoms with Crippen molar-refractivity contribution in [2.75, 3.05) is 5.32 Å². The molecule has 0 aliphatic heterocycles. The molecule has 10 nitrogen and oxygen atoms in total. The maximum atomic E-state index is 11.3. The normalized spacial score (nSPS) is 18.5. The Labute approximate surface area is 192 Å². The van der Waals surface area contributed by atoms with E-state index in [0.717, 1.165) is 29.9 Å². The van der Waals surface area contributed by atoms with E-state index in [1.807, 2.05) is 32.2 Å². The van der Waals surface area contributed by atoms with Crippen LogP contribution >= 0.6 is 0 Å². The SMILES string of the molecule is Cc1nc(-c2nnn(C)c2CNc2cc(C(C)C)no2)ccc1O[C@H]1CCC[C@H](C(=O)O)C1. The largest absolute Gasteiger partial charge is 0.489 e. The average Bonchev–Trinajstić information content (AvgIpc) is 3.41. The molecule has 10 heteroatoms. The van der Waals surface area contributed by atoms with Crippen LogP contribution in [0.15, 0.2) is 22.7 Å². The van der Waals surface area contributed by atoms with Gasteiger partial charge in [-0.15, -0.1) is 5.10 Å². The smallest absolute Gasteiger partial charge is 0.306 e. The second-order valence-corrected chi connectivity index (χ2v) is 8.85. The molecule has 0 radical (unpaired) electrons. The minimum atomic E-state index is -0.747. The van der Waals surface area contributed by atoms with Crippen molar-refractivity contribution in [3.8, 4) is 17.1 Å². The lowest BCUT2D eigenvalue weighted by molar-refractivity contribution is -0.143. The van der Waals surface area contributed by atoms with Gasteiger partial charge in [0.15, 0.2) is 0 Å². The summed E-state index contributed by atoms with van der Waals surface area (Å²) in [6, 6.07) is 5.63.